The first kappa shape index (κ1) is 14.9. The summed E-state index contributed by atoms with van der Waals surface area (Å²) in [6, 6.07) is 1.44. The highest BCUT2D eigenvalue weighted by molar-refractivity contribution is 7.89. The lowest BCUT2D eigenvalue weighted by molar-refractivity contribution is 0.577. The van der Waals surface area contributed by atoms with Crippen LogP contribution in [0.2, 0.25) is 0 Å². The quantitative estimate of drug-likeness (QED) is 0.809. The third kappa shape index (κ3) is 2.69. The van der Waals surface area contributed by atoms with Gasteiger partial charge in [-0.1, -0.05) is 0 Å². The molecule has 0 aliphatic carbocycles. The molecule has 1 fully saturated rings. The zero-order chi connectivity index (χ0) is 15.7. The van der Waals surface area contributed by atoms with Gasteiger partial charge in [0, 0.05) is 18.8 Å². The summed E-state index contributed by atoms with van der Waals surface area (Å²) in [4.78, 5) is 24.9. The first-order valence-corrected chi connectivity index (χ1v) is 8.67. The minimum absolute atomic E-state index is 0.00472. The van der Waals surface area contributed by atoms with Crippen LogP contribution in [0.25, 0.3) is 10.9 Å². The lowest BCUT2D eigenvalue weighted by Crippen LogP contribution is -2.39. The van der Waals surface area contributed by atoms with E-state index >= 15 is 0 Å². The Morgan fingerprint density at radius 1 is 1.45 bits per heavy atom. The first-order chi connectivity index (χ1) is 10.5. The topological polar surface area (TPSA) is 108 Å². The fourth-order valence-corrected chi connectivity index (χ4v) is 3.84. The fourth-order valence-electron chi connectivity index (χ4n) is 2.82. The number of nitrogens with zero attached hydrogens (tertiary/aromatic N) is 3. The van der Waals surface area contributed by atoms with E-state index in [1.165, 1.54) is 13.4 Å². The van der Waals surface area contributed by atoms with Gasteiger partial charge < -0.3 is 9.88 Å². The summed E-state index contributed by atoms with van der Waals surface area (Å²) in [5.74, 6) is 0.572. The van der Waals surface area contributed by atoms with Crippen molar-refractivity contribution in [2.75, 3.05) is 24.2 Å². The Labute approximate surface area is 127 Å². The summed E-state index contributed by atoms with van der Waals surface area (Å²) in [7, 11) is -1.90. The number of aromatic nitrogens is 3. The van der Waals surface area contributed by atoms with Crippen LogP contribution in [0, 0.1) is 0 Å². The average molecular weight is 323 g/mol. The molecule has 1 aliphatic rings. The molecule has 0 radical (unpaired) electrons. The molecule has 2 N–H and O–H groups in total. The van der Waals surface area contributed by atoms with Crippen LogP contribution in [0.4, 0.5) is 5.82 Å². The van der Waals surface area contributed by atoms with Gasteiger partial charge in [0.1, 0.15) is 5.52 Å². The Balaban J connectivity index is 2.03. The van der Waals surface area contributed by atoms with E-state index in [9.17, 15) is 13.2 Å². The van der Waals surface area contributed by atoms with Gasteiger partial charge in [-0.05, 0) is 26.0 Å². The number of sulfonamides is 1. The molecule has 0 amide bonds. The maximum atomic E-state index is 11.9. The monoisotopic (exact) mass is 323 g/mol. The number of hydrogen-bond acceptors (Lipinski definition) is 6. The molecule has 0 aromatic carbocycles. The molecule has 0 saturated carbocycles. The summed E-state index contributed by atoms with van der Waals surface area (Å²) in [5, 5.41) is 0.453. The van der Waals surface area contributed by atoms with Crippen molar-refractivity contribution in [1.29, 1.82) is 0 Å². The lowest BCUT2D eigenvalue weighted by atomic mass is 10.2. The third-order valence-electron chi connectivity index (χ3n) is 3.91. The lowest BCUT2D eigenvalue weighted by Gasteiger charge is -2.25. The predicted molar refractivity (Wildman–Crippen MR) is 83.4 cm³/mol. The number of nitrogens with one attached hydrogen (secondary N) is 2. The zero-order valence-electron chi connectivity index (χ0n) is 12.1. The molecule has 1 unspecified atom stereocenters. The molecule has 2 aromatic rings. The highest BCUT2D eigenvalue weighted by atomic mass is 32.2. The van der Waals surface area contributed by atoms with E-state index in [1.54, 1.807) is 12.3 Å². The van der Waals surface area contributed by atoms with E-state index in [4.69, 9.17) is 0 Å². The Kier molecular flexibility index (Phi) is 3.83. The van der Waals surface area contributed by atoms with Crippen molar-refractivity contribution < 1.29 is 8.42 Å². The van der Waals surface area contributed by atoms with Crippen molar-refractivity contribution in [3.8, 4) is 0 Å². The van der Waals surface area contributed by atoms with Gasteiger partial charge in [0.2, 0.25) is 10.0 Å². The Morgan fingerprint density at radius 3 is 3.05 bits per heavy atom. The van der Waals surface area contributed by atoms with Gasteiger partial charge in [-0.25, -0.2) is 23.1 Å². The standard InChI is InChI=1S/C13H17N5O3S/c1-14-22(20,21)7-9-3-2-6-18(9)12-11-10(4-5-15-12)13(19)17-8-16-11/h4-5,8-9,14H,2-3,6-7H2,1H3,(H,16,17,19). The summed E-state index contributed by atoms with van der Waals surface area (Å²) in [5.41, 5.74) is 0.271. The molecule has 3 rings (SSSR count). The molecule has 2 aromatic heterocycles. The zero-order valence-corrected chi connectivity index (χ0v) is 12.9. The molecule has 22 heavy (non-hydrogen) atoms. The summed E-state index contributed by atoms with van der Waals surface area (Å²) < 4.78 is 26.0. The molecule has 8 nitrogen and oxygen atoms in total. The van der Waals surface area contributed by atoms with E-state index in [2.05, 4.69) is 19.7 Å². The van der Waals surface area contributed by atoms with Crippen LogP contribution >= 0.6 is 0 Å². The molecular weight excluding hydrogens is 306 g/mol. The van der Waals surface area contributed by atoms with Crippen LogP contribution in [-0.4, -0.2) is 48.8 Å². The number of pyridine rings is 1. The number of rotatable bonds is 4. The van der Waals surface area contributed by atoms with Crippen LogP contribution in [0.5, 0.6) is 0 Å². The molecule has 118 valence electrons. The molecule has 3 heterocycles. The third-order valence-corrected chi connectivity index (χ3v) is 5.36. The number of H-pyrrole nitrogens is 1. The van der Waals surface area contributed by atoms with Gasteiger partial charge in [0.25, 0.3) is 5.56 Å². The Hall–Kier alpha value is -2.00. The Morgan fingerprint density at radius 2 is 2.27 bits per heavy atom. The summed E-state index contributed by atoms with van der Waals surface area (Å²) >= 11 is 0. The molecule has 1 aliphatic heterocycles. The van der Waals surface area contributed by atoms with Crippen LogP contribution in [-0.2, 0) is 10.0 Å². The largest absolute Gasteiger partial charge is 0.351 e. The van der Waals surface area contributed by atoms with Crippen molar-refractivity contribution in [1.82, 2.24) is 19.7 Å². The average Bonchev–Trinajstić information content (AvgIpc) is 2.94. The number of anilines is 1. The van der Waals surface area contributed by atoms with Crippen molar-refractivity contribution in [3.05, 3.63) is 28.9 Å². The first-order valence-electron chi connectivity index (χ1n) is 7.02. The second-order valence-corrected chi connectivity index (χ2v) is 7.21. The number of aromatic amines is 1. The van der Waals surface area contributed by atoms with Crippen LogP contribution < -0.4 is 15.2 Å². The predicted octanol–water partition coefficient (Wildman–Crippen LogP) is -0.164. The molecule has 9 heteroatoms. The van der Waals surface area contributed by atoms with Crippen LogP contribution in [0.1, 0.15) is 12.8 Å². The molecule has 0 bridgehead atoms. The van der Waals surface area contributed by atoms with Gasteiger partial charge in [0.15, 0.2) is 5.82 Å². The molecular formula is C13H17N5O3S. The van der Waals surface area contributed by atoms with Crippen LogP contribution in [0.3, 0.4) is 0 Å². The van der Waals surface area contributed by atoms with E-state index in [0.717, 1.165) is 12.8 Å². The second-order valence-electron chi connectivity index (χ2n) is 5.24. The van der Waals surface area contributed by atoms with Gasteiger partial charge in [0.05, 0.1) is 17.5 Å². The van der Waals surface area contributed by atoms with E-state index < -0.39 is 10.0 Å². The van der Waals surface area contributed by atoms with E-state index in [-0.39, 0.29) is 17.4 Å². The molecule has 1 atom stereocenters. The number of fused-ring (bicyclic) bond motifs is 1. The van der Waals surface area contributed by atoms with Crippen molar-refractivity contribution in [2.24, 2.45) is 0 Å². The number of hydrogen-bond donors (Lipinski definition) is 2. The van der Waals surface area contributed by atoms with Gasteiger partial charge in [-0.3, -0.25) is 4.79 Å². The molecule has 0 spiro atoms. The second kappa shape index (κ2) is 5.65. The van der Waals surface area contributed by atoms with E-state index in [0.29, 0.717) is 23.3 Å². The van der Waals surface area contributed by atoms with Gasteiger partial charge >= 0.3 is 0 Å². The highest BCUT2D eigenvalue weighted by Crippen LogP contribution is 2.28. The molecule has 1 saturated heterocycles. The van der Waals surface area contributed by atoms with E-state index in [1.807, 2.05) is 4.90 Å². The van der Waals surface area contributed by atoms with Crippen molar-refractivity contribution >= 4 is 26.7 Å². The smallest absolute Gasteiger partial charge is 0.258 e. The minimum atomic E-state index is -3.31. The maximum absolute atomic E-state index is 11.9. The fraction of sp³-hybridized carbons (Fsp3) is 0.462. The summed E-state index contributed by atoms with van der Waals surface area (Å²) in [6.45, 7) is 0.699. The van der Waals surface area contributed by atoms with Crippen LogP contribution in [0.15, 0.2) is 23.4 Å². The maximum Gasteiger partial charge on any atom is 0.258 e. The normalized spacial score (nSPS) is 19.0. The minimum Gasteiger partial charge on any atom is -0.351 e. The van der Waals surface area contributed by atoms with Crippen molar-refractivity contribution in [3.63, 3.8) is 0 Å². The highest BCUT2D eigenvalue weighted by Gasteiger charge is 2.31. The van der Waals surface area contributed by atoms with Crippen molar-refractivity contribution in [2.45, 2.75) is 18.9 Å². The Bertz CT molecular complexity index is 848. The van der Waals surface area contributed by atoms with Gasteiger partial charge in [-0.15, -0.1) is 0 Å². The SMILES string of the molecule is CNS(=O)(=O)CC1CCCN1c1nccc2c(=O)[nH]cnc12. The van der Waals surface area contributed by atoms with Gasteiger partial charge in [-0.2, -0.15) is 0 Å². The summed E-state index contributed by atoms with van der Waals surface area (Å²) in [6.07, 6.45) is 4.54.